The number of halogens is 1. The molecule has 3 aromatic heterocycles. The first-order valence-corrected chi connectivity index (χ1v) is 11.6. The zero-order valence-corrected chi connectivity index (χ0v) is 18.1. The molecule has 7 heteroatoms. The van der Waals surface area contributed by atoms with Gasteiger partial charge < -0.3 is 11.1 Å². The summed E-state index contributed by atoms with van der Waals surface area (Å²) in [6.45, 7) is 5.16. The number of anilines is 1. The Bertz CT molecular complexity index is 916. The second kappa shape index (κ2) is 8.03. The molecule has 3 N–H and O–H groups in total. The van der Waals surface area contributed by atoms with E-state index in [9.17, 15) is 0 Å². The van der Waals surface area contributed by atoms with Gasteiger partial charge in [-0.3, -0.25) is 0 Å². The molecule has 1 saturated carbocycles. The largest absolute Gasteiger partial charge is 0.377 e. The SMILES string of the molecule is CC(C)C[C@H](N)Cc1sc2c(NCc3nccs3)cc(Cl)nc2c1C1CC1. The third-order valence-corrected chi connectivity index (χ3v) is 7.07. The van der Waals surface area contributed by atoms with E-state index in [1.165, 1.54) is 28.0 Å². The Labute approximate surface area is 173 Å². The Kier molecular flexibility index (Phi) is 5.69. The van der Waals surface area contributed by atoms with Crippen LogP contribution in [0.5, 0.6) is 0 Å². The van der Waals surface area contributed by atoms with Gasteiger partial charge in [0, 0.05) is 28.6 Å². The summed E-state index contributed by atoms with van der Waals surface area (Å²) in [6.07, 6.45) is 6.29. The number of pyridine rings is 1. The lowest BCUT2D eigenvalue weighted by atomic mass is 9.98. The summed E-state index contributed by atoms with van der Waals surface area (Å²) in [7, 11) is 0. The summed E-state index contributed by atoms with van der Waals surface area (Å²) in [5, 5.41) is 7.12. The molecular weight excluding hydrogens is 396 g/mol. The second-order valence-corrected chi connectivity index (χ2v) is 10.2. The third kappa shape index (κ3) is 4.45. The van der Waals surface area contributed by atoms with E-state index in [0.29, 0.717) is 23.5 Å². The predicted octanol–water partition coefficient (Wildman–Crippen LogP) is 5.81. The molecular formula is C20H25ClN4S2. The summed E-state index contributed by atoms with van der Waals surface area (Å²) < 4.78 is 1.20. The molecule has 0 aliphatic heterocycles. The number of fused-ring (bicyclic) bond motifs is 1. The maximum Gasteiger partial charge on any atom is 0.131 e. The Morgan fingerprint density at radius 3 is 2.85 bits per heavy atom. The van der Waals surface area contributed by atoms with Crippen molar-refractivity contribution in [2.75, 3.05) is 5.32 Å². The number of rotatable bonds is 8. The van der Waals surface area contributed by atoms with Crippen LogP contribution in [0.4, 0.5) is 5.69 Å². The van der Waals surface area contributed by atoms with Gasteiger partial charge in [-0.25, -0.2) is 9.97 Å². The van der Waals surface area contributed by atoms with E-state index in [1.807, 2.05) is 29.0 Å². The number of hydrogen-bond donors (Lipinski definition) is 2. The first-order valence-electron chi connectivity index (χ1n) is 9.51. The van der Waals surface area contributed by atoms with Crippen LogP contribution in [0.15, 0.2) is 17.6 Å². The van der Waals surface area contributed by atoms with Crippen molar-refractivity contribution in [1.29, 1.82) is 0 Å². The van der Waals surface area contributed by atoms with Crippen LogP contribution in [-0.2, 0) is 13.0 Å². The summed E-state index contributed by atoms with van der Waals surface area (Å²) in [4.78, 5) is 10.5. The van der Waals surface area contributed by atoms with Crippen molar-refractivity contribution >= 4 is 50.2 Å². The molecule has 0 amide bonds. The normalized spacial score (nSPS) is 15.6. The van der Waals surface area contributed by atoms with Gasteiger partial charge >= 0.3 is 0 Å². The van der Waals surface area contributed by atoms with Gasteiger partial charge in [0.05, 0.1) is 22.4 Å². The van der Waals surface area contributed by atoms with Gasteiger partial charge in [-0.2, -0.15) is 0 Å². The van der Waals surface area contributed by atoms with Crippen LogP contribution in [0.1, 0.15) is 54.5 Å². The van der Waals surface area contributed by atoms with E-state index in [2.05, 4.69) is 24.1 Å². The first kappa shape index (κ1) is 19.1. The van der Waals surface area contributed by atoms with Crippen molar-refractivity contribution in [2.24, 2.45) is 11.7 Å². The van der Waals surface area contributed by atoms with E-state index < -0.39 is 0 Å². The number of aromatic nitrogens is 2. The predicted molar refractivity (Wildman–Crippen MR) is 117 cm³/mol. The molecule has 4 nitrogen and oxygen atoms in total. The number of hydrogen-bond acceptors (Lipinski definition) is 6. The van der Waals surface area contributed by atoms with Gasteiger partial charge in [-0.05, 0) is 43.1 Å². The minimum atomic E-state index is 0.192. The van der Waals surface area contributed by atoms with Gasteiger partial charge in [0.25, 0.3) is 0 Å². The zero-order valence-electron chi connectivity index (χ0n) is 15.7. The summed E-state index contributed by atoms with van der Waals surface area (Å²) in [5.41, 5.74) is 9.97. The van der Waals surface area contributed by atoms with Gasteiger partial charge in [-0.15, -0.1) is 22.7 Å². The lowest BCUT2D eigenvalue weighted by Crippen LogP contribution is -2.24. The quantitative estimate of drug-likeness (QED) is 0.451. The highest BCUT2D eigenvalue weighted by molar-refractivity contribution is 7.20. The molecule has 144 valence electrons. The molecule has 0 unspecified atom stereocenters. The molecule has 1 fully saturated rings. The molecule has 0 aromatic carbocycles. The summed E-state index contributed by atoms with van der Waals surface area (Å²) in [5.74, 6) is 1.24. The van der Waals surface area contributed by atoms with Crippen molar-refractivity contribution in [3.63, 3.8) is 0 Å². The fraction of sp³-hybridized carbons (Fsp3) is 0.500. The first-order chi connectivity index (χ1) is 13.0. The molecule has 3 heterocycles. The molecule has 4 rings (SSSR count). The van der Waals surface area contributed by atoms with Crippen LogP contribution in [0.2, 0.25) is 5.15 Å². The molecule has 0 bridgehead atoms. The standard InChI is InChI=1S/C20H25ClN4S2/c1-11(2)7-13(22)8-15-18(12-3-4-12)19-20(27-15)14(9-16(21)25-19)24-10-17-23-5-6-26-17/h5-6,9,11-13H,3-4,7-8,10,22H2,1-2H3,(H,24,25)/t13-/m0/s1. The molecule has 0 radical (unpaired) electrons. The van der Waals surface area contributed by atoms with Crippen molar-refractivity contribution in [1.82, 2.24) is 9.97 Å². The van der Waals surface area contributed by atoms with Gasteiger partial charge in [0.1, 0.15) is 10.2 Å². The average molecular weight is 421 g/mol. The number of nitrogens with two attached hydrogens (primary N) is 1. The highest BCUT2D eigenvalue weighted by Crippen LogP contribution is 2.49. The minimum Gasteiger partial charge on any atom is -0.377 e. The second-order valence-electron chi connectivity index (χ2n) is 7.76. The van der Waals surface area contributed by atoms with Crippen LogP contribution < -0.4 is 11.1 Å². The van der Waals surface area contributed by atoms with Gasteiger partial charge in [0.15, 0.2) is 0 Å². The summed E-state index contributed by atoms with van der Waals surface area (Å²) >= 11 is 9.87. The highest BCUT2D eigenvalue weighted by Gasteiger charge is 2.31. The molecule has 0 saturated heterocycles. The van der Waals surface area contributed by atoms with Crippen LogP contribution >= 0.6 is 34.3 Å². The van der Waals surface area contributed by atoms with Gasteiger partial charge in [-0.1, -0.05) is 25.4 Å². The van der Waals surface area contributed by atoms with Crippen molar-refractivity contribution in [2.45, 2.75) is 58.0 Å². The lowest BCUT2D eigenvalue weighted by Gasteiger charge is -2.14. The summed E-state index contributed by atoms with van der Waals surface area (Å²) in [6, 6.07) is 2.13. The number of nitrogens with one attached hydrogen (secondary N) is 1. The topological polar surface area (TPSA) is 63.8 Å². The van der Waals surface area contributed by atoms with Crippen LogP contribution in [0, 0.1) is 5.92 Å². The fourth-order valence-electron chi connectivity index (χ4n) is 3.61. The average Bonchev–Trinajstić information content (AvgIpc) is 3.16. The Hall–Kier alpha value is -1.21. The number of thiophene rings is 1. The van der Waals surface area contributed by atoms with Crippen molar-refractivity contribution in [3.05, 3.63) is 38.2 Å². The Balaban J connectivity index is 1.68. The van der Waals surface area contributed by atoms with Crippen molar-refractivity contribution in [3.8, 4) is 0 Å². The monoisotopic (exact) mass is 420 g/mol. The molecule has 0 spiro atoms. The molecule has 3 aromatic rings. The zero-order chi connectivity index (χ0) is 19.0. The smallest absolute Gasteiger partial charge is 0.131 e. The molecule has 1 aliphatic rings. The van der Waals surface area contributed by atoms with E-state index in [4.69, 9.17) is 22.3 Å². The number of nitrogens with zero attached hydrogens (tertiary/aromatic N) is 2. The van der Waals surface area contributed by atoms with E-state index in [0.717, 1.165) is 29.1 Å². The maximum absolute atomic E-state index is 6.45. The van der Waals surface area contributed by atoms with E-state index in [1.54, 1.807) is 11.3 Å². The Morgan fingerprint density at radius 1 is 1.37 bits per heavy atom. The number of thiazole rings is 1. The van der Waals surface area contributed by atoms with Crippen LogP contribution in [0.25, 0.3) is 10.2 Å². The van der Waals surface area contributed by atoms with Gasteiger partial charge in [0.2, 0.25) is 0 Å². The minimum absolute atomic E-state index is 0.192. The maximum atomic E-state index is 6.45. The molecule has 27 heavy (non-hydrogen) atoms. The van der Waals surface area contributed by atoms with E-state index in [-0.39, 0.29) is 6.04 Å². The van der Waals surface area contributed by atoms with Crippen LogP contribution in [-0.4, -0.2) is 16.0 Å². The van der Waals surface area contributed by atoms with Crippen molar-refractivity contribution < 1.29 is 0 Å². The highest BCUT2D eigenvalue weighted by atomic mass is 35.5. The molecule has 1 aliphatic carbocycles. The lowest BCUT2D eigenvalue weighted by molar-refractivity contribution is 0.494. The third-order valence-electron chi connectivity index (χ3n) is 4.84. The van der Waals surface area contributed by atoms with Crippen LogP contribution in [0.3, 0.4) is 0 Å². The van der Waals surface area contributed by atoms with E-state index >= 15 is 0 Å². The molecule has 1 atom stereocenters. The fourth-order valence-corrected chi connectivity index (χ4v) is 5.77. The Morgan fingerprint density at radius 2 is 2.19 bits per heavy atom.